The third-order valence-electron chi connectivity index (χ3n) is 7.86. The first-order chi connectivity index (χ1) is 18.3. The highest BCUT2D eigenvalue weighted by molar-refractivity contribution is 7.57. The lowest BCUT2D eigenvalue weighted by Crippen LogP contribution is -2.19. The van der Waals surface area contributed by atoms with Gasteiger partial charge in [0.05, 0.1) is 0 Å². The van der Waals surface area contributed by atoms with Crippen molar-refractivity contribution in [2.45, 2.75) is 111 Å². The van der Waals surface area contributed by atoms with Crippen LogP contribution in [0.15, 0.2) is 42.5 Å². The third kappa shape index (κ3) is 10.7. The molecule has 0 aliphatic heterocycles. The molecule has 0 bridgehead atoms. The van der Waals surface area contributed by atoms with Gasteiger partial charge in [0, 0.05) is 11.0 Å². The third-order valence-corrected chi connectivity index (χ3v) is 13.4. The van der Waals surface area contributed by atoms with Crippen LogP contribution in [0.25, 0.3) is 0 Å². The minimum Gasteiger partial charge on any atom is -0.276 e. The summed E-state index contributed by atoms with van der Waals surface area (Å²) in [5.41, 5.74) is 6.30. The fraction of sp³-hybridized carbons (Fsp3) is 0.618. The van der Waals surface area contributed by atoms with Crippen molar-refractivity contribution >= 4 is 32.7 Å². The molecule has 0 aromatic heterocycles. The van der Waals surface area contributed by atoms with Crippen LogP contribution in [-0.2, 0) is 17.7 Å². The molecule has 38 heavy (non-hydrogen) atoms. The first kappa shape index (κ1) is 33.5. The maximum Gasteiger partial charge on any atom is 0.252 e. The van der Waals surface area contributed by atoms with Gasteiger partial charge < -0.3 is 0 Å². The lowest BCUT2D eigenvalue weighted by molar-refractivity contribution is 0.108. The highest BCUT2D eigenvalue weighted by atomic mass is 35.5. The minimum absolute atomic E-state index is 0.0290. The maximum atomic E-state index is 11.6. The highest BCUT2D eigenvalue weighted by Gasteiger charge is 2.25. The van der Waals surface area contributed by atoms with E-state index in [0.717, 1.165) is 0 Å². The van der Waals surface area contributed by atoms with E-state index in [1.165, 1.54) is 99.5 Å². The van der Waals surface area contributed by atoms with Crippen molar-refractivity contribution in [1.29, 1.82) is 0 Å². The molecule has 2 aromatic carbocycles. The molecule has 2 rings (SSSR count). The highest BCUT2D eigenvalue weighted by Crippen LogP contribution is 2.47. The summed E-state index contributed by atoms with van der Waals surface area (Å²) in [4.78, 5) is 11.6. The number of carbonyl (C=O) groups excluding carboxylic acids is 1. The van der Waals surface area contributed by atoms with E-state index in [9.17, 15) is 4.79 Å². The monoisotopic (exact) mass is 574 g/mol. The van der Waals surface area contributed by atoms with Gasteiger partial charge in [-0.25, -0.2) is 0 Å². The Morgan fingerprint density at radius 2 is 1.08 bits per heavy atom. The maximum absolute atomic E-state index is 11.6. The smallest absolute Gasteiger partial charge is 0.252 e. The van der Waals surface area contributed by atoms with Crippen LogP contribution in [0.1, 0.15) is 126 Å². The molecule has 0 spiro atoms. The van der Waals surface area contributed by atoms with Gasteiger partial charge in [0.15, 0.2) is 0 Å². The van der Waals surface area contributed by atoms with Gasteiger partial charge in [-0.3, -0.25) is 4.79 Å². The average molecular weight is 575 g/mol. The molecule has 0 saturated carbocycles. The molecule has 212 valence electrons. The summed E-state index contributed by atoms with van der Waals surface area (Å²) in [5.74, 6) is 0. The van der Waals surface area contributed by atoms with E-state index in [1.807, 2.05) is 12.1 Å². The molecule has 4 heteroatoms. The Hall–Kier alpha value is -0.740. The lowest BCUT2D eigenvalue weighted by atomic mass is 9.77. The summed E-state index contributed by atoms with van der Waals surface area (Å²) in [6.45, 7) is 14.0. The van der Waals surface area contributed by atoms with Crippen molar-refractivity contribution in [3.05, 3.63) is 70.3 Å². The Morgan fingerprint density at radius 3 is 1.50 bits per heavy atom. The van der Waals surface area contributed by atoms with E-state index in [-0.39, 0.29) is 21.3 Å². The van der Waals surface area contributed by atoms with Gasteiger partial charge in [0.1, 0.15) is 0 Å². The fourth-order valence-electron chi connectivity index (χ4n) is 5.05. The molecule has 0 heterocycles. The van der Waals surface area contributed by atoms with Crippen LogP contribution < -0.4 is 0 Å². The zero-order valence-electron chi connectivity index (χ0n) is 25.1. The normalized spacial score (nSPS) is 12.0. The Morgan fingerprint density at radius 1 is 0.658 bits per heavy atom. The Bertz CT molecular complexity index is 937. The molecule has 0 amide bonds. The predicted molar refractivity (Wildman–Crippen MR) is 176 cm³/mol. The molecule has 0 saturated heterocycles. The van der Waals surface area contributed by atoms with Gasteiger partial charge in [-0.1, -0.05) is 97.6 Å². The summed E-state index contributed by atoms with van der Waals surface area (Å²) in [7, 11) is 0.0884. The second kappa shape index (κ2) is 17.8. The average Bonchev–Trinajstić information content (AvgIpc) is 2.92. The van der Waals surface area contributed by atoms with E-state index in [0.29, 0.717) is 5.56 Å². The largest absolute Gasteiger partial charge is 0.276 e. The fourth-order valence-corrected chi connectivity index (χ4v) is 10.9. The van der Waals surface area contributed by atoms with Crippen molar-refractivity contribution in [2.75, 3.05) is 24.6 Å². The van der Waals surface area contributed by atoms with Crippen LogP contribution in [-0.4, -0.2) is 29.9 Å². The predicted octanol–water partition coefficient (Wildman–Crippen LogP) is 11.6. The lowest BCUT2D eigenvalue weighted by Gasteiger charge is -2.29. The molecular formula is C34H53ClOP2. The summed E-state index contributed by atoms with van der Waals surface area (Å²) in [5, 5.41) is -0.392. The molecule has 0 atom stereocenters. The van der Waals surface area contributed by atoms with Crippen LogP contribution in [0.4, 0.5) is 0 Å². The topological polar surface area (TPSA) is 17.1 Å². The second-order valence-corrected chi connectivity index (χ2v) is 16.9. The molecule has 0 aliphatic carbocycles. The standard InChI is InChI=1S/C34H53ClOP2/c1-7-11-21-37(22-12-8-2)26-29-17-20-32(25-30(29)27-38(23-13-9-3)24-14-10-4)34(5,6)31-18-15-28(16-19-31)33(35)36/h15-20,25H,7-14,21-24,26-27H2,1-6H3. The van der Waals surface area contributed by atoms with Crippen LogP contribution in [0.3, 0.4) is 0 Å². The summed E-state index contributed by atoms with van der Waals surface area (Å²) < 4.78 is 0. The van der Waals surface area contributed by atoms with Crippen LogP contribution in [0, 0.1) is 0 Å². The summed E-state index contributed by atoms with van der Waals surface area (Å²) in [6.07, 6.45) is 18.9. The van der Waals surface area contributed by atoms with Crippen LogP contribution in [0.2, 0.25) is 0 Å². The van der Waals surface area contributed by atoms with Crippen molar-refractivity contribution in [3.8, 4) is 0 Å². The number of carbonyl (C=O) groups is 1. The molecule has 0 N–H and O–H groups in total. The Balaban J connectivity index is 2.45. The second-order valence-electron chi connectivity index (χ2n) is 11.4. The van der Waals surface area contributed by atoms with Crippen molar-refractivity contribution in [3.63, 3.8) is 0 Å². The molecule has 0 fully saturated rings. The minimum atomic E-state index is -0.392. The van der Waals surface area contributed by atoms with Crippen molar-refractivity contribution < 1.29 is 4.79 Å². The number of benzene rings is 2. The quantitative estimate of drug-likeness (QED) is 0.120. The van der Waals surface area contributed by atoms with E-state index in [4.69, 9.17) is 11.6 Å². The van der Waals surface area contributed by atoms with E-state index < -0.39 is 5.24 Å². The molecule has 0 aliphatic rings. The number of hydrogen-bond acceptors (Lipinski definition) is 1. The summed E-state index contributed by atoms with van der Waals surface area (Å²) >= 11 is 5.71. The van der Waals surface area contributed by atoms with Gasteiger partial charge in [-0.2, -0.15) is 0 Å². The molecule has 2 aromatic rings. The first-order valence-electron chi connectivity index (χ1n) is 15.1. The molecule has 0 radical (unpaired) electrons. The van der Waals surface area contributed by atoms with E-state index in [1.54, 1.807) is 11.1 Å². The van der Waals surface area contributed by atoms with Crippen LogP contribution in [0.5, 0.6) is 0 Å². The zero-order chi connectivity index (χ0) is 28.0. The Labute approximate surface area is 242 Å². The van der Waals surface area contributed by atoms with Gasteiger partial charge in [0.25, 0.3) is 5.24 Å². The number of hydrogen-bond donors (Lipinski definition) is 0. The van der Waals surface area contributed by atoms with Gasteiger partial charge in [-0.15, -0.1) is 15.8 Å². The van der Waals surface area contributed by atoms with Gasteiger partial charge >= 0.3 is 0 Å². The van der Waals surface area contributed by atoms with Crippen molar-refractivity contribution in [1.82, 2.24) is 0 Å². The zero-order valence-corrected chi connectivity index (χ0v) is 27.7. The SMILES string of the molecule is CCCCP(CCCC)Cc1ccc(C(C)(C)c2ccc(C(=O)Cl)cc2)cc1CP(CCCC)CCCC. The molecule has 1 nitrogen and oxygen atoms in total. The van der Waals surface area contributed by atoms with Crippen LogP contribution >= 0.6 is 27.4 Å². The number of unbranched alkanes of at least 4 members (excludes halogenated alkanes) is 4. The van der Waals surface area contributed by atoms with Gasteiger partial charge in [-0.05, 0) is 109 Å². The number of halogens is 1. The molecule has 0 unspecified atom stereocenters. The van der Waals surface area contributed by atoms with Crippen molar-refractivity contribution in [2.24, 2.45) is 0 Å². The first-order valence-corrected chi connectivity index (χ1v) is 19.3. The number of rotatable bonds is 19. The Kier molecular flexibility index (Phi) is 15.7. The van der Waals surface area contributed by atoms with Gasteiger partial charge in [0.2, 0.25) is 0 Å². The summed E-state index contributed by atoms with van der Waals surface area (Å²) in [6, 6.07) is 15.3. The van der Waals surface area contributed by atoms with E-state index >= 15 is 0 Å². The molecular weight excluding hydrogens is 522 g/mol. The van der Waals surface area contributed by atoms with E-state index in [2.05, 4.69) is 71.9 Å².